The summed E-state index contributed by atoms with van der Waals surface area (Å²) >= 11 is 0. The van der Waals surface area contributed by atoms with E-state index < -0.39 is 0 Å². The maximum Gasteiger partial charge on any atom is 0.253 e. The lowest BCUT2D eigenvalue weighted by Crippen LogP contribution is -2.21. The SMILES string of the molecule is Cc1ccccc1NC(=O)C1=CN=CC[C@@H]1C. The van der Waals surface area contributed by atoms with Crippen LogP contribution in [-0.4, -0.2) is 12.1 Å². The second kappa shape index (κ2) is 4.95. The zero-order valence-electron chi connectivity index (χ0n) is 10.1. The topological polar surface area (TPSA) is 41.5 Å². The number of carbonyl (C=O) groups is 1. The molecule has 2 rings (SSSR count). The number of hydrogen-bond donors (Lipinski definition) is 1. The second-order valence-corrected chi connectivity index (χ2v) is 4.32. The van der Waals surface area contributed by atoms with Crippen molar-refractivity contribution < 1.29 is 4.79 Å². The predicted octanol–water partition coefficient (Wildman–Crippen LogP) is 2.93. The Morgan fingerprint density at radius 2 is 2.18 bits per heavy atom. The maximum atomic E-state index is 12.1. The molecule has 1 N–H and O–H groups in total. The Labute approximate surface area is 101 Å². The van der Waals surface area contributed by atoms with E-state index in [1.165, 1.54) is 0 Å². The lowest BCUT2D eigenvalue weighted by Gasteiger charge is -2.16. The molecule has 0 bridgehead atoms. The molecule has 0 spiro atoms. The summed E-state index contributed by atoms with van der Waals surface area (Å²) in [6, 6.07) is 7.76. The minimum atomic E-state index is -0.0522. The Kier molecular flexibility index (Phi) is 3.38. The third-order valence-electron chi connectivity index (χ3n) is 2.96. The van der Waals surface area contributed by atoms with Crippen LogP contribution in [0.3, 0.4) is 0 Å². The van der Waals surface area contributed by atoms with E-state index >= 15 is 0 Å². The van der Waals surface area contributed by atoms with Gasteiger partial charge in [-0.1, -0.05) is 25.1 Å². The minimum Gasteiger partial charge on any atom is -0.322 e. The third kappa shape index (κ3) is 2.61. The molecule has 1 amide bonds. The molecule has 1 aromatic carbocycles. The number of rotatable bonds is 2. The quantitative estimate of drug-likeness (QED) is 0.830. The average molecular weight is 228 g/mol. The smallest absolute Gasteiger partial charge is 0.253 e. The van der Waals surface area contributed by atoms with Gasteiger partial charge in [-0.15, -0.1) is 0 Å². The van der Waals surface area contributed by atoms with Crippen LogP contribution in [0, 0.1) is 12.8 Å². The molecule has 1 aliphatic heterocycles. The highest BCUT2D eigenvalue weighted by Crippen LogP contribution is 2.20. The fourth-order valence-electron chi connectivity index (χ4n) is 1.80. The molecule has 0 unspecified atom stereocenters. The Morgan fingerprint density at radius 3 is 2.88 bits per heavy atom. The summed E-state index contributed by atoms with van der Waals surface area (Å²) < 4.78 is 0. The molecular formula is C14H16N2O. The van der Waals surface area contributed by atoms with Crippen molar-refractivity contribution in [1.29, 1.82) is 0 Å². The number of aryl methyl sites for hydroxylation is 1. The first-order valence-corrected chi connectivity index (χ1v) is 5.77. The largest absolute Gasteiger partial charge is 0.322 e. The molecule has 0 saturated carbocycles. The molecule has 88 valence electrons. The molecule has 0 radical (unpaired) electrons. The zero-order chi connectivity index (χ0) is 12.3. The number of benzene rings is 1. The van der Waals surface area contributed by atoms with Gasteiger partial charge in [-0.3, -0.25) is 9.79 Å². The van der Waals surface area contributed by atoms with Gasteiger partial charge in [0.05, 0.1) is 0 Å². The number of nitrogens with one attached hydrogen (secondary N) is 1. The van der Waals surface area contributed by atoms with Gasteiger partial charge in [0.2, 0.25) is 0 Å². The van der Waals surface area contributed by atoms with Crippen LogP contribution >= 0.6 is 0 Å². The van der Waals surface area contributed by atoms with Crippen LogP contribution in [0.2, 0.25) is 0 Å². The summed E-state index contributed by atoms with van der Waals surface area (Å²) in [7, 11) is 0. The van der Waals surface area contributed by atoms with E-state index in [1.54, 1.807) is 6.20 Å². The minimum absolute atomic E-state index is 0.0522. The highest BCUT2D eigenvalue weighted by Gasteiger charge is 2.18. The van der Waals surface area contributed by atoms with Gasteiger partial charge < -0.3 is 5.32 Å². The van der Waals surface area contributed by atoms with Gasteiger partial charge in [0.15, 0.2) is 0 Å². The predicted molar refractivity (Wildman–Crippen MR) is 70.2 cm³/mol. The number of hydrogen-bond acceptors (Lipinski definition) is 2. The zero-order valence-corrected chi connectivity index (χ0v) is 10.1. The van der Waals surface area contributed by atoms with Gasteiger partial charge in [0, 0.05) is 23.7 Å². The van der Waals surface area contributed by atoms with Crippen molar-refractivity contribution in [3.63, 3.8) is 0 Å². The highest BCUT2D eigenvalue weighted by molar-refractivity contribution is 6.05. The summed E-state index contributed by atoms with van der Waals surface area (Å²) in [5.74, 6) is 0.181. The van der Waals surface area contributed by atoms with Crippen molar-refractivity contribution in [2.75, 3.05) is 5.32 Å². The van der Waals surface area contributed by atoms with Gasteiger partial charge in [-0.25, -0.2) is 0 Å². The molecule has 1 heterocycles. The maximum absolute atomic E-state index is 12.1. The summed E-state index contributed by atoms with van der Waals surface area (Å²) in [5, 5.41) is 2.93. The number of nitrogens with zero attached hydrogens (tertiary/aromatic N) is 1. The number of aliphatic imine (C=N–C) groups is 1. The van der Waals surface area contributed by atoms with Gasteiger partial charge in [0.25, 0.3) is 5.91 Å². The van der Waals surface area contributed by atoms with Crippen LogP contribution in [0.5, 0.6) is 0 Å². The van der Waals surface area contributed by atoms with Crippen LogP contribution in [0.25, 0.3) is 0 Å². The molecule has 17 heavy (non-hydrogen) atoms. The van der Waals surface area contributed by atoms with Crippen LogP contribution in [0.15, 0.2) is 41.0 Å². The lowest BCUT2D eigenvalue weighted by molar-refractivity contribution is -0.113. The van der Waals surface area contributed by atoms with Crippen LogP contribution in [-0.2, 0) is 4.79 Å². The fraction of sp³-hybridized carbons (Fsp3) is 0.286. The first-order valence-electron chi connectivity index (χ1n) is 5.77. The molecule has 0 aromatic heterocycles. The first-order chi connectivity index (χ1) is 8.18. The number of anilines is 1. The van der Waals surface area contributed by atoms with E-state index in [1.807, 2.05) is 44.3 Å². The Bertz CT molecular complexity index is 489. The van der Waals surface area contributed by atoms with E-state index in [-0.39, 0.29) is 11.8 Å². The summed E-state index contributed by atoms with van der Waals surface area (Å²) in [4.78, 5) is 16.1. The monoisotopic (exact) mass is 228 g/mol. The van der Waals surface area contributed by atoms with E-state index in [9.17, 15) is 4.79 Å². The standard InChI is InChI=1S/C14H16N2O/c1-10-7-8-15-9-12(10)14(17)16-13-6-4-3-5-11(13)2/h3-6,8-10H,7H2,1-2H3,(H,16,17)/t10-/m0/s1. The number of amides is 1. The van der Waals surface area contributed by atoms with Gasteiger partial charge in [0.1, 0.15) is 0 Å². The summed E-state index contributed by atoms with van der Waals surface area (Å²) in [5.41, 5.74) is 2.67. The average Bonchev–Trinajstić information content (AvgIpc) is 2.32. The number of para-hydroxylation sites is 1. The van der Waals surface area contributed by atoms with Gasteiger partial charge in [-0.2, -0.15) is 0 Å². The van der Waals surface area contributed by atoms with Gasteiger partial charge in [-0.05, 0) is 30.9 Å². The van der Waals surface area contributed by atoms with Crippen molar-refractivity contribution in [1.82, 2.24) is 0 Å². The molecule has 1 aromatic rings. The molecule has 3 nitrogen and oxygen atoms in total. The molecule has 1 atom stereocenters. The summed E-state index contributed by atoms with van der Waals surface area (Å²) in [6.07, 6.45) is 4.32. The normalized spacial score (nSPS) is 18.7. The molecule has 0 aliphatic carbocycles. The van der Waals surface area contributed by atoms with Crippen LogP contribution in [0.4, 0.5) is 5.69 Å². The molecule has 3 heteroatoms. The van der Waals surface area contributed by atoms with E-state index in [0.29, 0.717) is 0 Å². The van der Waals surface area contributed by atoms with Crippen molar-refractivity contribution >= 4 is 17.8 Å². The molecule has 1 aliphatic rings. The van der Waals surface area contributed by atoms with Crippen LogP contribution < -0.4 is 5.32 Å². The molecule has 0 saturated heterocycles. The Balaban J connectivity index is 2.15. The van der Waals surface area contributed by atoms with Crippen molar-refractivity contribution in [2.24, 2.45) is 10.9 Å². The highest BCUT2D eigenvalue weighted by atomic mass is 16.1. The Hall–Kier alpha value is -1.90. The first kappa shape index (κ1) is 11.6. The number of carbonyl (C=O) groups excluding carboxylic acids is 1. The molecular weight excluding hydrogens is 212 g/mol. The van der Waals surface area contributed by atoms with E-state index in [0.717, 1.165) is 23.2 Å². The van der Waals surface area contributed by atoms with E-state index in [4.69, 9.17) is 0 Å². The summed E-state index contributed by atoms with van der Waals surface area (Å²) in [6.45, 7) is 4.01. The molecule has 0 fully saturated rings. The van der Waals surface area contributed by atoms with E-state index in [2.05, 4.69) is 10.3 Å². The fourth-order valence-corrected chi connectivity index (χ4v) is 1.80. The Morgan fingerprint density at radius 1 is 1.41 bits per heavy atom. The van der Waals surface area contributed by atoms with Crippen molar-refractivity contribution in [3.8, 4) is 0 Å². The van der Waals surface area contributed by atoms with Crippen molar-refractivity contribution in [2.45, 2.75) is 20.3 Å². The third-order valence-corrected chi connectivity index (χ3v) is 2.96. The van der Waals surface area contributed by atoms with Gasteiger partial charge >= 0.3 is 0 Å². The van der Waals surface area contributed by atoms with Crippen LogP contribution in [0.1, 0.15) is 18.9 Å². The van der Waals surface area contributed by atoms with Crippen molar-refractivity contribution in [3.05, 3.63) is 41.6 Å². The second-order valence-electron chi connectivity index (χ2n) is 4.32. The lowest BCUT2D eigenvalue weighted by atomic mass is 9.96.